The summed E-state index contributed by atoms with van der Waals surface area (Å²) in [6.45, 7) is 2.92. The molecule has 0 bridgehead atoms. The van der Waals surface area contributed by atoms with Crippen LogP contribution in [0.4, 0.5) is 0 Å². The van der Waals surface area contributed by atoms with E-state index in [-0.39, 0.29) is 27.3 Å². The van der Waals surface area contributed by atoms with E-state index in [0.717, 1.165) is 26.3 Å². The second kappa shape index (κ2) is 18.1. The smallest absolute Gasteiger partial charge is 0.0383 e. The molecule has 0 spiro atoms. The fraction of sp³-hybridized carbons (Fsp3) is 0.167. The molecule has 5 radical (unpaired) electrons. The van der Waals surface area contributed by atoms with Gasteiger partial charge in [-0.25, -0.2) is 0 Å². The summed E-state index contributed by atoms with van der Waals surface area (Å²) in [5.41, 5.74) is 2.37. The molecule has 0 atom stereocenters. The van der Waals surface area contributed by atoms with Crippen molar-refractivity contribution in [3.63, 3.8) is 0 Å². The van der Waals surface area contributed by atoms with Gasteiger partial charge in [0, 0.05) is 45.2 Å². The summed E-state index contributed by atoms with van der Waals surface area (Å²) in [6, 6.07) is 21.5. The van der Waals surface area contributed by atoms with Crippen LogP contribution < -0.4 is 15.3 Å². The van der Waals surface area contributed by atoms with E-state index in [0.29, 0.717) is 0 Å². The number of hydrogen-bond acceptors (Lipinski definition) is 6. The summed E-state index contributed by atoms with van der Waals surface area (Å²) in [6.07, 6.45) is 0. The van der Waals surface area contributed by atoms with E-state index in [1.54, 1.807) is 0 Å². The van der Waals surface area contributed by atoms with Crippen molar-refractivity contribution in [2.45, 2.75) is 20.8 Å². The number of carbonyl (C=O) groups excluding carboxylic acids is 3. The molecule has 2 aromatic carbocycles. The quantitative estimate of drug-likeness (QED) is 0.433. The van der Waals surface area contributed by atoms with E-state index in [4.69, 9.17) is 29.7 Å². The molecular formula is C18H18O6Pb-3. The zero-order valence-electron chi connectivity index (χ0n) is 14.1. The molecule has 7 heteroatoms. The number of carboxylic acids is 3. The van der Waals surface area contributed by atoms with Crippen LogP contribution in [0.25, 0.3) is 11.1 Å². The first kappa shape index (κ1) is 27.6. The summed E-state index contributed by atoms with van der Waals surface area (Å²) in [7, 11) is 0. The molecule has 25 heavy (non-hydrogen) atoms. The minimum atomic E-state index is -1.08. The second-order valence-electron chi connectivity index (χ2n) is 4.12. The van der Waals surface area contributed by atoms with Gasteiger partial charge in [0.05, 0.1) is 0 Å². The molecule has 0 aliphatic rings. The molecule has 0 amide bonds. The third-order valence-corrected chi connectivity index (χ3v) is 1.79. The average molecular weight is 538 g/mol. The van der Waals surface area contributed by atoms with E-state index < -0.39 is 17.9 Å². The molecule has 2 aromatic rings. The molecule has 0 saturated carbocycles. The fourth-order valence-corrected chi connectivity index (χ4v) is 1.19. The normalized spacial score (nSPS) is 7.64. The van der Waals surface area contributed by atoms with Gasteiger partial charge in [0.2, 0.25) is 0 Å². The number of aliphatic carboxylic acids is 3. The van der Waals surface area contributed by atoms with E-state index >= 15 is 0 Å². The Morgan fingerprint density at radius 1 is 0.720 bits per heavy atom. The van der Waals surface area contributed by atoms with Crippen molar-refractivity contribution in [3.05, 3.63) is 60.7 Å². The first-order chi connectivity index (χ1) is 11.2. The standard InChI is InChI=1S/C12H9.3C2H4O2.Pb/c1-3-7-11(8-4-1)12-9-5-2-6-10-12;3*1-2(3)4;/h1-9H;3*1H3,(H,3,4);/p-3. The molecule has 0 heterocycles. The third-order valence-electron chi connectivity index (χ3n) is 1.79. The minimum Gasteiger partial charge on any atom is -0.550 e. The zero-order valence-corrected chi connectivity index (χ0v) is 18.0. The van der Waals surface area contributed by atoms with Gasteiger partial charge in [-0.2, -0.15) is 0 Å². The van der Waals surface area contributed by atoms with Crippen molar-refractivity contribution >= 4 is 45.2 Å². The van der Waals surface area contributed by atoms with Crippen molar-refractivity contribution in [1.82, 2.24) is 0 Å². The SMILES string of the molecule is CC(=O)[O-].CC(=O)[O-].CC(=O)[O-].[Pb].[c]1ccccc1-c1ccccc1. The van der Waals surface area contributed by atoms with Crippen molar-refractivity contribution < 1.29 is 29.7 Å². The summed E-state index contributed by atoms with van der Waals surface area (Å²) < 4.78 is 0. The molecule has 2 rings (SSSR count). The molecule has 0 fully saturated rings. The zero-order chi connectivity index (χ0) is 19.0. The molecule has 0 N–H and O–H groups in total. The van der Waals surface area contributed by atoms with Gasteiger partial charge in [-0.15, -0.1) is 0 Å². The van der Waals surface area contributed by atoms with Crippen LogP contribution in [-0.4, -0.2) is 45.2 Å². The predicted molar refractivity (Wildman–Crippen MR) is 88.5 cm³/mol. The van der Waals surface area contributed by atoms with E-state index in [2.05, 4.69) is 24.3 Å². The van der Waals surface area contributed by atoms with Crippen LogP contribution in [0.3, 0.4) is 0 Å². The van der Waals surface area contributed by atoms with Gasteiger partial charge < -0.3 is 29.7 Å². The van der Waals surface area contributed by atoms with Gasteiger partial charge in [0.1, 0.15) is 0 Å². The Labute approximate surface area is 167 Å². The molecule has 0 aliphatic heterocycles. The fourth-order valence-electron chi connectivity index (χ4n) is 1.19. The Morgan fingerprint density at radius 3 is 1.40 bits per heavy atom. The van der Waals surface area contributed by atoms with Crippen LogP contribution >= 0.6 is 0 Å². The van der Waals surface area contributed by atoms with Gasteiger partial charge in [-0.05, 0) is 38.0 Å². The van der Waals surface area contributed by atoms with Gasteiger partial charge in [0.25, 0.3) is 0 Å². The number of benzene rings is 2. The summed E-state index contributed by atoms with van der Waals surface area (Å²) in [5.74, 6) is -3.25. The number of carbonyl (C=O) groups is 3. The van der Waals surface area contributed by atoms with E-state index in [1.807, 2.05) is 36.4 Å². The Balaban J connectivity index is -0.000000314. The molecular weight excluding hydrogens is 519 g/mol. The Bertz CT molecular complexity index is 521. The number of hydrogen-bond donors (Lipinski definition) is 0. The predicted octanol–water partition coefficient (Wildman–Crippen LogP) is -0.958. The maximum absolute atomic E-state index is 8.89. The average Bonchev–Trinajstić information content (AvgIpc) is 2.47. The van der Waals surface area contributed by atoms with E-state index in [1.165, 1.54) is 5.56 Å². The maximum Gasteiger partial charge on any atom is 0.0383 e. The van der Waals surface area contributed by atoms with Gasteiger partial charge in [0.15, 0.2) is 0 Å². The molecule has 0 unspecified atom stereocenters. The summed E-state index contributed by atoms with van der Waals surface area (Å²) in [4.78, 5) is 26.7. The first-order valence-electron chi connectivity index (χ1n) is 6.71. The maximum atomic E-state index is 8.89. The van der Waals surface area contributed by atoms with Crippen molar-refractivity contribution in [3.8, 4) is 11.1 Å². The topological polar surface area (TPSA) is 120 Å². The molecule has 0 aliphatic carbocycles. The molecule has 0 aromatic heterocycles. The van der Waals surface area contributed by atoms with Crippen molar-refractivity contribution in [2.24, 2.45) is 0 Å². The summed E-state index contributed by atoms with van der Waals surface area (Å²) in [5, 5.41) is 26.7. The van der Waals surface area contributed by atoms with Crippen LogP contribution in [0.15, 0.2) is 54.6 Å². The molecule has 133 valence electrons. The van der Waals surface area contributed by atoms with Crippen LogP contribution in [0.1, 0.15) is 20.8 Å². The third kappa shape index (κ3) is 26.9. The minimum absolute atomic E-state index is 0. The summed E-state index contributed by atoms with van der Waals surface area (Å²) >= 11 is 0. The monoisotopic (exact) mass is 538 g/mol. The van der Waals surface area contributed by atoms with Crippen molar-refractivity contribution in [2.75, 3.05) is 0 Å². The van der Waals surface area contributed by atoms with Crippen LogP contribution in [-0.2, 0) is 14.4 Å². The first-order valence-corrected chi connectivity index (χ1v) is 6.71. The van der Waals surface area contributed by atoms with Crippen molar-refractivity contribution in [1.29, 1.82) is 0 Å². The molecule has 0 saturated heterocycles. The van der Waals surface area contributed by atoms with E-state index in [9.17, 15) is 0 Å². The number of carboxylic acid groups (broad SMARTS) is 3. The Morgan fingerprint density at radius 2 is 1.08 bits per heavy atom. The molecule has 6 nitrogen and oxygen atoms in total. The number of rotatable bonds is 1. The Kier molecular flexibility index (Phi) is 20.0. The van der Waals surface area contributed by atoms with Crippen LogP contribution in [0.2, 0.25) is 0 Å². The van der Waals surface area contributed by atoms with Gasteiger partial charge in [-0.1, -0.05) is 54.6 Å². The largest absolute Gasteiger partial charge is 0.550 e. The van der Waals surface area contributed by atoms with Crippen LogP contribution in [0.5, 0.6) is 0 Å². The van der Waals surface area contributed by atoms with Gasteiger partial charge in [-0.3, -0.25) is 0 Å². The van der Waals surface area contributed by atoms with Crippen LogP contribution in [0, 0.1) is 6.07 Å². The second-order valence-corrected chi connectivity index (χ2v) is 4.12. The Hall–Kier alpha value is -2.23. The van der Waals surface area contributed by atoms with Gasteiger partial charge >= 0.3 is 0 Å².